The van der Waals surface area contributed by atoms with Crippen molar-refractivity contribution in [1.82, 2.24) is 4.90 Å². The molecule has 0 aromatic rings. The van der Waals surface area contributed by atoms with Crippen LogP contribution in [0.3, 0.4) is 0 Å². The quantitative estimate of drug-likeness (QED) is 0.642. The first-order chi connectivity index (χ1) is 8.19. The van der Waals surface area contributed by atoms with Crippen LogP contribution in [0, 0.1) is 5.92 Å². The zero-order valence-corrected chi connectivity index (χ0v) is 11.3. The highest BCUT2D eigenvalue weighted by Gasteiger charge is 2.25. The Bertz CT molecular complexity index is 227. The molecule has 1 amide bonds. The Morgan fingerprint density at radius 1 is 1.35 bits per heavy atom. The highest BCUT2D eigenvalue weighted by atomic mass is 16.7. The van der Waals surface area contributed by atoms with E-state index in [2.05, 4.69) is 0 Å². The highest BCUT2D eigenvalue weighted by molar-refractivity contribution is 5.79. The molecule has 0 aromatic carbocycles. The molecule has 1 unspecified atom stereocenters. The van der Waals surface area contributed by atoms with Crippen LogP contribution in [-0.4, -0.2) is 43.4 Å². The summed E-state index contributed by atoms with van der Waals surface area (Å²) in [5.41, 5.74) is 0. The summed E-state index contributed by atoms with van der Waals surface area (Å²) >= 11 is 0. The van der Waals surface area contributed by atoms with Gasteiger partial charge in [0.2, 0.25) is 5.91 Å². The molecule has 1 fully saturated rings. The molecule has 1 heterocycles. The van der Waals surface area contributed by atoms with Gasteiger partial charge in [0.25, 0.3) is 0 Å². The monoisotopic (exact) mass is 243 g/mol. The van der Waals surface area contributed by atoms with Gasteiger partial charge in [0.15, 0.2) is 6.29 Å². The van der Waals surface area contributed by atoms with E-state index < -0.39 is 0 Å². The molecule has 1 aliphatic rings. The van der Waals surface area contributed by atoms with Gasteiger partial charge in [-0.2, -0.15) is 0 Å². The van der Waals surface area contributed by atoms with Crippen LogP contribution >= 0.6 is 0 Å². The van der Waals surface area contributed by atoms with Gasteiger partial charge in [-0.1, -0.05) is 6.92 Å². The number of nitrogens with zero attached hydrogens (tertiary/aromatic N) is 1. The summed E-state index contributed by atoms with van der Waals surface area (Å²) in [7, 11) is 0. The van der Waals surface area contributed by atoms with E-state index in [0.29, 0.717) is 13.2 Å². The summed E-state index contributed by atoms with van der Waals surface area (Å²) < 4.78 is 11.0. The lowest BCUT2D eigenvalue weighted by atomic mass is 9.99. The molecular weight excluding hydrogens is 218 g/mol. The van der Waals surface area contributed by atoms with Crippen LogP contribution in [0.15, 0.2) is 0 Å². The van der Waals surface area contributed by atoms with Gasteiger partial charge >= 0.3 is 0 Å². The molecule has 1 aliphatic heterocycles. The van der Waals surface area contributed by atoms with E-state index in [1.54, 1.807) is 0 Å². The topological polar surface area (TPSA) is 38.8 Å². The van der Waals surface area contributed by atoms with E-state index in [0.717, 1.165) is 32.4 Å². The Morgan fingerprint density at radius 2 is 2.00 bits per heavy atom. The van der Waals surface area contributed by atoms with Crippen molar-refractivity contribution in [3.63, 3.8) is 0 Å². The van der Waals surface area contributed by atoms with Crippen molar-refractivity contribution >= 4 is 5.91 Å². The van der Waals surface area contributed by atoms with Gasteiger partial charge in [-0.3, -0.25) is 4.79 Å². The van der Waals surface area contributed by atoms with E-state index in [9.17, 15) is 4.79 Å². The minimum atomic E-state index is -0.171. The molecule has 0 saturated carbocycles. The smallest absolute Gasteiger partial charge is 0.225 e. The molecule has 0 N–H and O–H groups in total. The van der Waals surface area contributed by atoms with Crippen LogP contribution in [0.25, 0.3) is 0 Å². The molecule has 1 rings (SSSR count). The van der Waals surface area contributed by atoms with Gasteiger partial charge in [0, 0.05) is 38.6 Å². The van der Waals surface area contributed by atoms with Crippen molar-refractivity contribution in [2.75, 3.05) is 26.3 Å². The van der Waals surface area contributed by atoms with Crippen molar-refractivity contribution in [2.45, 2.75) is 46.3 Å². The van der Waals surface area contributed by atoms with Crippen molar-refractivity contribution in [3.05, 3.63) is 0 Å². The summed E-state index contributed by atoms with van der Waals surface area (Å²) in [6, 6.07) is 0. The van der Waals surface area contributed by atoms with E-state index in [1.165, 1.54) is 0 Å². The number of piperidine rings is 1. The second kappa shape index (κ2) is 7.67. The van der Waals surface area contributed by atoms with E-state index in [-0.39, 0.29) is 18.1 Å². The molecular formula is C13H25NO3. The fourth-order valence-electron chi connectivity index (χ4n) is 2.20. The summed E-state index contributed by atoms with van der Waals surface area (Å²) in [5, 5.41) is 0. The SMILES string of the molecule is CCOC(CCN1CCCC(C)C1=O)OCC. The standard InChI is InChI=1S/C13H25NO3/c1-4-16-12(17-5-2)8-10-14-9-6-7-11(3)13(14)15/h11-12H,4-10H2,1-3H3. The molecule has 0 aromatic heterocycles. The molecule has 1 atom stereocenters. The summed E-state index contributed by atoms with van der Waals surface area (Å²) in [6.45, 7) is 8.85. The summed E-state index contributed by atoms with van der Waals surface area (Å²) in [4.78, 5) is 13.8. The zero-order valence-electron chi connectivity index (χ0n) is 11.3. The molecule has 0 bridgehead atoms. The third kappa shape index (κ3) is 4.64. The summed E-state index contributed by atoms with van der Waals surface area (Å²) in [5.74, 6) is 0.462. The molecule has 4 heteroatoms. The van der Waals surface area contributed by atoms with Crippen molar-refractivity contribution in [3.8, 4) is 0 Å². The second-order valence-corrected chi connectivity index (χ2v) is 4.50. The maximum atomic E-state index is 11.9. The average molecular weight is 243 g/mol. The first kappa shape index (κ1) is 14.5. The normalized spacial score (nSPS) is 21.3. The summed E-state index contributed by atoms with van der Waals surface area (Å²) in [6.07, 6.45) is 2.73. The van der Waals surface area contributed by atoms with Gasteiger partial charge in [0.05, 0.1) is 0 Å². The minimum Gasteiger partial charge on any atom is -0.353 e. The Kier molecular flexibility index (Phi) is 6.52. The number of ether oxygens (including phenoxy) is 2. The maximum Gasteiger partial charge on any atom is 0.225 e. The maximum absolute atomic E-state index is 11.9. The van der Waals surface area contributed by atoms with Gasteiger partial charge in [0.1, 0.15) is 0 Å². The van der Waals surface area contributed by atoms with Crippen molar-refractivity contribution < 1.29 is 14.3 Å². The Hall–Kier alpha value is -0.610. The van der Waals surface area contributed by atoms with Crippen molar-refractivity contribution in [1.29, 1.82) is 0 Å². The van der Waals surface area contributed by atoms with Gasteiger partial charge < -0.3 is 14.4 Å². The molecule has 0 aliphatic carbocycles. The first-order valence-corrected chi connectivity index (χ1v) is 6.71. The van der Waals surface area contributed by atoms with Crippen LogP contribution in [0.5, 0.6) is 0 Å². The number of carbonyl (C=O) groups excluding carboxylic acids is 1. The number of hydrogen-bond acceptors (Lipinski definition) is 3. The molecule has 0 spiro atoms. The van der Waals surface area contributed by atoms with Crippen LogP contribution in [0.2, 0.25) is 0 Å². The lowest BCUT2D eigenvalue weighted by Crippen LogP contribution is -2.41. The predicted molar refractivity (Wildman–Crippen MR) is 66.6 cm³/mol. The van der Waals surface area contributed by atoms with E-state index in [4.69, 9.17) is 9.47 Å². The fourth-order valence-corrected chi connectivity index (χ4v) is 2.20. The number of likely N-dealkylation sites (tertiary alicyclic amines) is 1. The Balaban J connectivity index is 2.34. The van der Waals surface area contributed by atoms with Crippen molar-refractivity contribution in [2.24, 2.45) is 5.92 Å². The minimum absolute atomic E-state index is 0.171. The average Bonchev–Trinajstić information content (AvgIpc) is 2.31. The number of hydrogen-bond donors (Lipinski definition) is 0. The van der Waals surface area contributed by atoms with Gasteiger partial charge in [-0.15, -0.1) is 0 Å². The lowest BCUT2D eigenvalue weighted by molar-refractivity contribution is -0.149. The molecule has 100 valence electrons. The largest absolute Gasteiger partial charge is 0.353 e. The molecule has 1 saturated heterocycles. The Morgan fingerprint density at radius 3 is 2.59 bits per heavy atom. The van der Waals surface area contributed by atoms with Gasteiger partial charge in [-0.05, 0) is 26.7 Å². The number of carbonyl (C=O) groups is 1. The van der Waals surface area contributed by atoms with Crippen LogP contribution in [0.4, 0.5) is 0 Å². The predicted octanol–water partition coefficient (Wildman–Crippen LogP) is 2.03. The van der Waals surface area contributed by atoms with Crippen LogP contribution < -0.4 is 0 Å². The van der Waals surface area contributed by atoms with E-state index >= 15 is 0 Å². The van der Waals surface area contributed by atoms with Gasteiger partial charge in [-0.25, -0.2) is 0 Å². The fraction of sp³-hybridized carbons (Fsp3) is 0.923. The van der Waals surface area contributed by atoms with Crippen LogP contribution in [0.1, 0.15) is 40.0 Å². The van der Waals surface area contributed by atoms with E-state index in [1.807, 2.05) is 25.7 Å². The first-order valence-electron chi connectivity index (χ1n) is 6.71. The lowest BCUT2D eigenvalue weighted by Gasteiger charge is -2.31. The molecule has 0 radical (unpaired) electrons. The number of amides is 1. The third-order valence-corrected chi connectivity index (χ3v) is 3.14. The second-order valence-electron chi connectivity index (χ2n) is 4.50. The highest BCUT2D eigenvalue weighted by Crippen LogP contribution is 2.18. The van der Waals surface area contributed by atoms with Crippen LogP contribution in [-0.2, 0) is 14.3 Å². The Labute approximate surface area is 104 Å². The number of rotatable bonds is 7. The molecule has 17 heavy (non-hydrogen) atoms. The third-order valence-electron chi connectivity index (χ3n) is 3.14. The molecule has 4 nitrogen and oxygen atoms in total. The zero-order chi connectivity index (χ0) is 12.7.